The molecular formula is C16H30BNO2S2. The maximum Gasteiger partial charge on any atom is 0.466 e. The van der Waals surface area contributed by atoms with Gasteiger partial charge in [-0.1, -0.05) is 18.0 Å². The molecule has 6 heteroatoms. The minimum atomic E-state index is -0.245. The van der Waals surface area contributed by atoms with E-state index in [0.29, 0.717) is 11.9 Å². The molecule has 1 N–H and O–H groups in total. The zero-order valence-corrected chi connectivity index (χ0v) is 16.8. The molecule has 126 valence electrons. The van der Waals surface area contributed by atoms with E-state index in [2.05, 4.69) is 66.2 Å². The molecule has 0 aromatic heterocycles. The Morgan fingerprint density at radius 2 is 1.82 bits per heavy atom. The Kier molecular flexibility index (Phi) is 5.41. The smallest absolute Gasteiger partial charge is 0.403 e. The first-order chi connectivity index (χ1) is 9.91. The van der Waals surface area contributed by atoms with E-state index in [9.17, 15) is 0 Å². The van der Waals surface area contributed by atoms with Gasteiger partial charge < -0.3 is 9.31 Å². The number of rotatable bonds is 4. The third kappa shape index (κ3) is 4.26. The summed E-state index contributed by atoms with van der Waals surface area (Å²) in [5, 5.41) is 0. The molecule has 1 fully saturated rings. The summed E-state index contributed by atoms with van der Waals surface area (Å²) in [5.41, 5.74) is -0.490. The van der Waals surface area contributed by atoms with E-state index >= 15 is 0 Å². The molecule has 2 aliphatic heterocycles. The summed E-state index contributed by atoms with van der Waals surface area (Å²) in [5.74, 6) is 1.38. The molecule has 1 unspecified atom stereocenters. The monoisotopic (exact) mass is 343 g/mol. The van der Waals surface area contributed by atoms with Gasteiger partial charge in [0.05, 0.1) is 11.2 Å². The van der Waals surface area contributed by atoms with E-state index in [0.717, 1.165) is 5.75 Å². The van der Waals surface area contributed by atoms with Crippen LogP contribution in [0.1, 0.15) is 55.4 Å². The highest BCUT2D eigenvalue weighted by Gasteiger charge is 2.53. The van der Waals surface area contributed by atoms with Gasteiger partial charge in [0.25, 0.3) is 0 Å². The second-order valence-electron chi connectivity index (χ2n) is 8.22. The normalized spacial score (nSPS) is 28.8. The molecule has 0 aromatic carbocycles. The lowest BCUT2D eigenvalue weighted by Gasteiger charge is -2.32. The van der Waals surface area contributed by atoms with Gasteiger partial charge in [-0.2, -0.15) is 0 Å². The van der Waals surface area contributed by atoms with Crippen LogP contribution in [0.15, 0.2) is 11.0 Å². The summed E-state index contributed by atoms with van der Waals surface area (Å²) in [6, 6.07) is 0.363. The number of allylic oxidation sites excluding steroid dienone is 1. The summed E-state index contributed by atoms with van der Waals surface area (Å²) in [7, 11) is -0.127. The van der Waals surface area contributed by atoms with E-state index < -0.39 is 0 Å². The van der Waals surface area contributed by atoms with E-state index in [1.807, 2.05) is 11.8 Å². The number of hydrogen-bond acceptors (Lipinski definition) is 5. The highest BCUT2D eigenvalue weighted by Crippen LogP contribution is 2.45. The summed E-state index contributed by atoms with van der Waals surface area (Å²) in [4.78, 5) is 1.40. The zero-order chi connectivity index (χ0) is 16.8. The van der Waals surface area contributed by atoms with Crippen LogP contribution < -0.4 is 4.72 Å². The molecule has 22 heavy (non-hydrogen) atoms. The Labute approximate surface area is 145 Å². The third-order valence-corrected chi connectivity index (χ3v) is 6.87. The number of hydrogen-bond donors (Lipinski definition) is 1. The maximum absolute atomic E-state index is 6.18. The largest absolute Gasteiger partial charge is 0.466 e. The quantitative estimate of drug-likeness (QED) is 0.600. The molecule has 0 bridgehead atoms. The van der Waals surface area contributed by atoms with Crippen molar-refractivity contribution in [3.8, 4) is 0 Å². The summed E-state index contributed by atoms with van der Waals surface area (Å²) < 4.78 is 16.1. The highest BCUT2D eigenvalue weighted by atomic mass is 32.2. The van der Waals surface area contributed by atoms with Crippen molar-refractivity contribution in [2.75, 3.05) is 5.75 Å². The van der Waals surface area contributed by atoms with Crippen LogP contribution in [0, 0.1) is 0 Å². The average molecular weight is 343 g/mol. The predicted molar refractivity (Wildman–Crippen MR) is 100 cm³/mol. The molecule has 0 aliphatic carbocycles. The summed E-state index contributed by atoms with van der Waals surface area (Å²) in [6.45, 7) is 17.4. The van der Waals surface area contributed by atoms with Gasteiger partial charge in [-0.3, -0.25) is 4.72 Å². The first-order valence-corrected chi connectivity index (χ1v) is 9.85. The lowest BCUT2D eigenvalue weighted by Crippen LogP contribution is -2.41. The fourth-order valence-corrected chi connectivity index (χ4v) is 4.26. The van der Waals surface area contributed by atoms with Crippen LogP contribution in [-0.2, 0) is 9.31 Å². The van der Waals surface area contributed by atoms with Crippen LogP contribution in [0.4, 0.5) is 0 Å². The summed E-state index contributed by atoms with van der Waals surface area (Å²) >= 11 is 3.72. The topological polar surface area (TPSA) is 30.5 Å². The Hall–Kier alpha value is 0.385. The Balaban J connectivity index is 1.95. The van der Waals surface area contributed by atoms with Crippen LogP contribution in [-0.4, -0.2) is 34.9 Å². The molecule has 0 spiro atoms. The first-order valence-electron chi connectivity index (χ1n) is 8.05. The predicted octanol–water partition coefficient (Wildman–Crippen LogP) is 4.50. The van der Waals surface area contributed by atoms with E-state index in [1.54, 1.807) is 11.9 Å². The SMILES string of the molecule is C[C@@H](NSC(C)(C)C)C1=CC(B2OC(C)(C)C(C)(C)O2)CS1. The van der Waals surface area contributed by atoms with Gasteiger partial charge in [0.15, 0.2) is 0 Å². The maximum atomic E-state index is 6.18. The molecule has 2 aliphatic rings. The minimum absolute atomic E-state index is 0.127. The van der Waals surface area contributed by atoms with Crippen molar-refractivity contribution < 1.29 is 9.31 Å². The van der Waals surface area contributed by atoms with E-state index in [4.69, 9.17) is 9.31 Å². The average Bonchev–Trinajstić information content (AvgIpc) is 2.89. The number of nitrogens with one attached hydrogen (secondary N) is 1. The molecule has 0 aromatic rings. The van der Waals surface area contributed by atoms with E-state index in [-0.39, 0.29) is 23.1 Å². The Bertz CT molecular complexity index is 430. The van der Waals surface area contributed by atoms with Gasteiger partial charge in [-0.25, -0.2) is 0 Å². The second kappa shape index (κ2) is 6.36. The fraction of sp³-hybridized carbons (Fsp3) is 0.875. The van der Waals surface area contributed by atoms with Crippen molar-refractivity contribution in [1.29, 1.82) is 0 Å². The Morgan fingerprint density at radius 3 is 2.32 bits per heavy atom. The lowest BCUT2D eigenvalue weighted by atomic mass is 9.73. The zero-order valence-electron chi connectivity index (χ0n) is 15.1. The van der Waals surface area contributed by atoms with Gasteiger partial charge >= 0.3 is 7.12 Å². The highest BCUT2D eigenvalue weighted by molar-refractivity contribution is 8.03. The van der Waals surface area contributed by atoms with Crippen LogP contribution in [0.25, 0.3) is 0 Å². The number of thioether (sulfide) groups is 1. The minimum Gasteiger partial charge on any atom is -0.403 e. The molecule has 2 rings (SSSR count). The van der Waals surface area contributed by atoms with Gasteiger partial charge in [-0.15, -0.1) is 11.8 Å². The third-order valence-electron chi connectivity index (χ3n) is 4.41. The van der Waals surface area contributed by atoms with Crippen molar-refractivity contribution in [2.24, 2.45) is 0 Å². The molecule has 2 heterocycles. The van der Waals surface area contributed by atoms with Gasteiger partial charge in [0.1, 0.15) is 0 Å². The van der Waals surface area contributed by atoms with Crippen LogP contribution in [0.2, 0.25) is 5.82 Å². The molecular weight excluding hydrogens is 313 g/mol. The van der Waals surface area contributed by atoms with Crippen LogP contribution in [0.5, 0.6) is 0 Å². The van der Waals surface area contributed by atoms with E-state index in [1.165, 1.54) is 4.91 Å². The van der Waals surface area contributed by atoms with Crippen molar-refractivity contribution in [2.45, 2.75) is 83.2 Å². The lowest BCUT2D eigenvalue weighted by molar-refractivity contribution is 0.00578. The molecule has 0 saturated carbocycles. The second-order valence-corrected chi connectivity index (χ2v) is 11.0. The van der Waals surface area contributed by atoms with Crippen LogP contribution >= 0.6 is 23.7 Å². The first kappa shape index (κ1) is 18.7. The van der Waals surface area contributed by atoms with Crippen molar-refractivity contribution >= 4 is 30.8 Å². The molecule has 2 atom stereocenters. The molecule has 3 nitrogen and oxygen atoms in total. The van der Waals surface area contributed by atoms with Gasteiger partial charge in [0.2, 0.25) is 0 Å². The molecule has 0 radical (unpaired) electrons. The molecule has 0 amide bonds. The van der Waals surface area contributed by atoms with Crippen molar-refractivity contribution in [1.82, 2.24) is 4.72 Å². The molecule has 1 saturated heterocycles. The van der Waals surface area contributed by atoms with Crippen molar-refractivity contribution in [3.63, 3.8) is 0 Å². The summed E-state index contributed by atoms with van der Waals surface area (Å²) in [6.07, 6.45) is 2.34. The fourth-order valence-electron chi connectivity index (χ4n) is 2.31. The van der Waals surface area contributed by atoms with Crippen LogP contribution in [0.3, 0.4) is 0 Å². The Morgan fingerprint density at radius 1 is 1.27 bits per heavy atom. The van der Waals surface area contributed by atoms with Crippen molar-refractivity contribution in [3.05, 3.63) is 11.0 Å². The van der Waals surface area contributed by atoms with Gasteiger partial charge in [0, 0.05) is 22.4 Å². The van der Waals surface area contributed by atoms with Gasteiger partial charge in [-0.05, 0) is 60.3 Å². The standard InChI is InChI=1S/C16H30BNO2S2/c1-11(18-22-14(2,3)4)13-9-12(10-21-13)17-19-15(5,6)16(7,8)20-17/h9,11-12,18H,10H2,1-8H3/t11-,12?/m1/s1.